The van der Waals surface area contributed by atoms with E-state index in [-0.39, 0.29) is 5.41 Å². The second-order valence-corrected chi connectivity index (χ2v) is 7.88. The minimum Gasteiger partial charge on any atom is -0.338 e. The van der Waals surface area contributed by atoms with Crippen LogP contribution in [-0.2, 0) is 17.9 Å². The van der Waals surface area contributed by atoms with Crippen LogP contribution in [0, 0.1) is 12.3 Å². The number of benzene rings is 1. The quantitative estimate of drug-likeness (QED) is 0.849. The van der Waals surface area contributed by atoms with Crippen molar-refractivity contribution >= 4 is 5.91 Å². The molecule has 0 unspecified atom stereocenters. The van der Waals surface area contributed by atoms with Gasteiger partial charge in [0.1, 0.15) is 0 Å². The van der Waals surface area contributed by atoms with Crippen molar-refractivity contribution in [2.75, 3.05) is 19.6 Å². The van der Waals surface area contributed by atoms with Crippen LogP contribution in [0.3, 0.4) is 0 Å². The average molecular weight is 349 g/mol. The molecule has 1 amide bonds. The molecular weight excluding hydrogens is 322 g/mol. The van der Waals surface area contributed by atoms with E-state index in [0.717, 1.165) is 52.0 Å². The van der Waals surface area contributed by atoms with Crippen molar-refractivity contribution in [3.63, 3.8) is 0 Å². The van der Waals surface area contributed by atoms with Crippen molar-refractivity contribution < 1.29 is 4.79 Å². The van der Waals surface area contributed by atoms with E-state index in [1.807, 2.05) is 18.5 Å². The lowest BCUT2D eigenvalue weighted by atomic mass is 9.77. The van der Waals surface area contributed by atoms with Crippen molar-refractivity contribution in [3.8, 4) is 0 Å². The number of aromatic nitrogens is 1. The molecule has 2 saturated heterocycles. The normalized spacial score (nSPS) is 20.0. The van der Waals surface area contributed by atoms with E-state index in [4.69, 9.17) is 0 Å². The Balaban J connectivity index is 1.36. The summed E-state index contributed by atoms with van der Waals surface area (Å²) in [7, 11) is 0. The van der Waals surface area contributed by atoms with Gasteiger partial charge in [0.05, 0.1) is 5.41 Å². The molecule has 136 valence electrons. The summed E-state index contributed by atoms with van der Waals surface area (Å²) >= 11 is 0. The average Bonchev–Trinajstić information content (AvgIpc) is 2.94. The van der Waals surface area contributed by atoms with Crippen LogP contribution in [0.25, 0.3) is 0 Å². The number of pyridine rings is 1. The van der Waals surface area contributed by atoms with Crippen LogP contribution in [0.5, 0.6) is 0 Å². The van der Waals surface area contributed by atoms with Gasteiger partial charge >= 0.3 is 0 Å². The smallest absolute Gasteiger partial charge is 0.229 e. The van der Waals surface area contributed by atoms with Gasteiger partial charge in [-0.05, 0) is 56.5 Å². The topological polar surface area (TPSA) is 36.4 Å². The number of nitrogens with zero attached hydrogens (tertiary/aromatic N) is 3. The van der Waals surface area contributed by atoms with Crippen LogP contribution in [-0.4, -0.2) is 40.3 Å². The third-order valence-electron chi connectivity index (χ3n) is 6.00. The molecule has 0 saturated carbocycles. The molecule has 0 bridgehead atoms. The molecule has 1 aromatic heterocycles. The predicted octanol–water partition coefficient (Wildman–Crippen LogP) is 3.40. The van der Waals surface area contributed by atoms with Crippen LogP contribution in [0.2, 0.25) is 0 Å². The molecule has 2 fully saturated rings. The van der Waals surface area contributed by atoms with Crippen LogP contribution in [0.4, 0.5) is 0 Å². The largest absolute Gasteiger partial charge is 0.338 e. The first-order chi connectivity index (χ1) is 12.6. The van der Waals surface area contributed by atoms with Crippen LogP contribution in [0.1, 0.15) is 36.0 Å². The van der Waals surface area contributed by atoms with Crippen molar-refractivity contribution in [2.24, 2.45) is 5.41 Å². The Morgan fingerprint density at radius 3 is 2.50 bits per heavy atom. The molecule has 2 aliphatic heterocycles. The lowest BCUT2D eigenvalue weighted by Gasteiger charge is -2.38. The second-order valence-electron chi connectivity index (χ2n) is 7.88. The van der Waals surface area contributed by atoms with Gasteiger partial charge in [-0.25, -0.2) is 0 Å². The Kier molecular flexibility index (Phi) is 4.77. The Morgan fingerprint density at radius 2 is 1.77 bits per heavy atom. The maximum absolute atomic E-state index is 13.1. The highest BCUT2D eigenvalue weighted by Gasteiger charge is 2.47. The number of aryl methyl sites for hydroxylation is 1. The number of amides is 1. The molecule has 0 atom stereocenters. The monoisotopic (exact) mass is 349 g/mol. The highest BCUT2D eigenvalue weighted by atomic mass is 16.2. The van der Waals surface area contributed by atoms with Crippen molar-refractivity contribution in [2.45, 2.75) is 39.3 Å². The van der Waals surface area contributed by atoms with Gasteiger partial charge in [0.2, 0.25) is 5.91 Å². The number of carbonyl (C=O) groups excluding carboxylic acids is 1. The summed E-state index contributed by atoms with van der Waals surface area (Å²) in [6.45, 7) is 6.69. The summed E-state index contributed by atoms with van der Waals surface area (Å²) in [6.07, 6.45) is 6.73. The summed E-state index contributed by atoms with van der Waals surface area (Å²) in [6, 6.07) is 12.6. The molecule has 3 heterocycles. The number of carbonyl (C=O) groups is 1. The third-order valence-corrected chi connectivity index (χ3v) is 6.00. The predicted molar refractivity (Wildman–Crippen MR) is 102 cm³/mol. The lowest BCUT2D eigenvalue weighted by molar-refractivity contribution is -0.138. The molecule has 2 aromatic rings. The van der Waals surface area contributed by atoms with Gasteiger partial charge in [-0.15, -0.1) is 0 Å². The zero-order valence-corrected chi connectivity index (χ0v) is 15.5. The van der Waals surface area contributed by atoms with E-state index in [1.165, 1.54) is 16.7 Å². The highest BCUT2D eigenvalue weighted by Crippen LogP contribution is 2.42. The summed E-state index contributed by atoms with van der Waals surface area (Å²) in [5.41, 5.74) is 3.63. The molecule has 1 aromatic carbocycles. The Morgan fingerprint density at radius 1 is 1.00 bits per heavy atom. The first kappa shape index (κ1) is 17.2. The zero-order chi connectivity index (χ0) is 18.0. The fourth-order valence-corrected chi connectivity index (χ4v) is 4.43. The Hall–Kier alpha value is -2.20. The molecule has 0 N–H and O–H groups in total. The molecule has 0 aliphatic carbocycles. The van der Waals surface area contributed by atoms with E-state index in [9.17, 15) is 4.79 Å². The summed E-state index contributed by atoms with van der Waals surface area (Å²) in [4.78, 5) is 21.9. The van der Waals surface area contributed by atoms with Crippen molar-refractivity contribution in [1.29, 1.82) is 0 Å². The first-order valence-corrected chi connectivity index (χ1v) is 9.61. The number of rotatable bonds is 4. The SMILES string of the molecule is Cc1cccc(CN2CCC3(CCN(Cc4cccnc4)CC3)C2=O)c1. The minimum absolute atomic E-state index is 0.116. The fraction of sp³-hybridized carbons (Fsp3) is 0.455. The van der Waals surface area contributed by atoms with Crippen molar-refractivity contribution in [3.05, 3.63) is 65.5 Å². The third kappa shape index (κ3) is 3.51. The van der Waals surface area contributed by atoms with Crippen LogP contribution >= 0.6 is 0 Å². The van der Waals surface area contributed by atoms with Gasteiger partial charge in [0, 0.05) is 32.0 Å². The van der Waals surface area contributed by atoms with Gasteiger partial charge in [-0.2, -0.15) is 0 Å². The lowest BCUT2D eigenvalue weighted by Crippen LogP contribution is -2.44. The Labute approximate surface area is 155 Å². The van der Waals surface area contributed by atoms with Gasteiger partial charge in [0.25, 0.3) is 0 Å². The summed E-state index contributed by atoms with van der Waals surface area (Å²) in [5.74, 6) is 0.375. The van der Waals surface area contributed by atoms with Gasteiger partial charge in [0.15, 0.2) is 0 Å². The molecule has 0 radical (unpaired) electrons. The van der Waals surface area contributed by atoms with Crippen molar-refractivity contribution in [1.82, 2.24) is 14.8 Å². The molecule has 2 aliphatic rings. The van der Waals surface area contributed by atoms with E-state index >= 15 is 0 Å². The van der Waals surface area contributed by atoms with Crippen LogP contribution < -0.4 is 0 Å². The molecule has 1 spiro atoms. The highest BCUT2D eigenvalue weighted by molar-refractivity contribution is 5.85. The van der Waals surface area contributed by atoms with Gasteiger partial charge < -0.3 is 4.90 Å². The first-order valence-electron chi connectivity index (χ1n) is 9.61. The molecule has 4 rings (SSSR count). The number of hydrogen-bond acceptors (Lipinski definition) is 3. The molecule has 26 heavy (non-hydrogen) atoms. The maximum Gasteiger partial charge on any atom is 0.229 e. The number of piperidine rings is 1. The fourth-order valence-electron chi connectivity index (χ4n) is 4.43. The summed E-state index contributed by atoms with van der Waals surface area (Å²) < 4.78 is 0. The maximum atomic E-state index is 13.1. The van der Waals surface area contributed by atoms with Gasteiger partial charge in [-0.3, -0.25) is 14.7 Å². The Bertz CT molecular complexity index is 766. The van der Waals surface area contributed by atoms with Crippen LogP contribution in [0.15, 0.2) is 48.8 Å². The molecule has 4 nitrogen and oxygen atoms in total. The van der Waals surface area contributed by atoms with E-state index in [1.54, 1.807) is 0 Å². The van der Waals surface area contributed by atoms with E-state index < -0.39 is 0 Å². The zero-order valence-electron chi connectivity index (χ0n) is 15.5. The second kappa shape index (κ2) is 7.20. The molecule has 4 heteroatoms. The number of likely N-dealkylation sites (tertiary alicyclic amines) is 2. The minimum atomic E-state index is -0.116. The van der Waals surface area contributed by atoms with Gasteiger partial charge in [-0.1, -0.05) is 35.9 Å². The molecular formula is C22H27N3O. The van der Waals surface area contributed by atoms with E-state index in [0.29, 0.717) is 5.91 Å². The van der Waals surface area contributed by atoms with E-state index in [2.05, 4.69) is 52.0 Å². The number of hydrogen-bond donors (Lipinski definition) is 0. The standard InChI is InChI=1S/C22H27N3O/c1-18-4-2-5-19(14-18)17-25-13-9-22(21(25)26)7-11-24(12-8-22)16-20-6-3-10-23-15-20/h2-6,10,14-15H,7-9,11-13,16-17H2,1H3. The summed E-state index contributed by atoms with van der Waals surface area (Å²) in [5, 5.41) is 0.